The van der Waals surface area contributed by atoms with Gasteiger partial charge in [0.15, 0.2) is 0 Å². The fourth-order valence-corrected chi connectivity index (χ4v) is 2.58. The maximum absolute atomic E-state index is 6.07. The summed E-state index contributed by atoms with van der Waals surface area (Å²) in [6.45, 7) is 4.47. The van der Waals surface area contributed by atoms with Crippen molar-refractivity contribution < 1.29 is 4.74 Å². The molecule has 111 valence electrons. The molecule has 0 aliphatic heterocycles. The average Bonchev–Trinajstić information content (AvgIpc) is 2.51. The topological polar surface area (TPSA) is 9.23 Å². The Morgan fingerprint density at radius 1 is 0.905 bits per heavy atom. The number of para-hydroxylation sites is 1. The molecule has 0 heterocycles. The van der Waals surface area contributed by atoms with E-state index < -0.39 is 0 Å². The Kier molecular flexibility index (Phi) is 6.33. The molecule has 0 atom stereocenters. The van der Waals surface area contributed by atoms with E-state index in [0.29, 0.717) is 0 Å². The zero-order valence-corrected chi connectivity index (χ0v) is 13.2. The van der Waals surface area contributed by atoms with Crippen molar-refractivity contribution in [3.05, 3.63) is 59.7 Å². The second kappa shape index (κ2) is 8.51. The monoisotopic (exact) mass is 281 g/mol. The van der Waals surface area contributed by atoms with Gasteiger partial charge in [0, 0.05) is 6.07 Å². The van der Waals surface area contributed by atoms with E-state index in [2.05, 4.69) is 26.0 Å². The van der Waals surface area contributed by atoms with Crippen LogP contribution in [0.1, 0.15) is 50.7 Å². The predicted octanol–water partition coefficient (Wildman–Crippen LogP) is 5.96. The lowest BCUT2D eigenvalue weighted by atomic mass is 9.97. The van der Waals surface area contributed by atoms with Gasteiger partial charge in [0.05, 0.1) is 0 Å². The maximum atomic E-state index is 6.07. The molecule has 21 heavy (non-hydrogen) atoms. The normalized spacial score (nSPS) is 10.6. The van der Waals surface area contributed by atoms with Gasteiger partial charge < -0.3 is 4.74 Å². The van der Waals surface area contributed by atoms with Gasteiger partial charge in [-0.3, -0.25) is 0 Å². The van der Waals surface area contributed by atoms with Gasteiger partial charge in [-0.2, -0.15) is 0 Å². The Hall–Kier alpha value is -1.76. The van der Waals surface area contributed by atoms with Crippen molar-refractivity contribution in [3.63, 3.8) is 0 Å². The molecule has 0 fully saturated rings. The lowest BCUT2D eigenvalue weighted by molar-refractivity contribution is 0.472. The second-order valence-corrected chi connectivity index (χ2v) is 5.43. The summed E-state index contributed by atoms with van der Waals surface area (Å²) in [7, 11) is 0. The summed E-state index contributed by atoms with van der Waals surface area (Å²) >= 11 is 0. The highest BCUT2D eigenvalue weighted by molar-refractivity contribution is 5.42. The number of hydrogen-bond donors (Lipinski definition) is 0. The molecule has 0 bridgehead atoms. The van der Waals surface area contributed by atoms with Crippen LogP contribution in [-0.4, -0.2) is 0 Å². The molecule has 0 spiro atoms. The minimum Gasteiger partial charge on any atom is -0.456 e. The van der Waals surface area contributed by atoms with Crippen LogP contribution < -0.4 is 4.74 Å². The van der Waals surface area contributed by atoms with E-state index in [4.69, 9.17) is 4.74 Å². The lowest BCUT2D eigenvalue weighted by Gasteiger charge is -2.15. The van der Waals surface area contributed by atoms with Gasteiger partial charge in [-0.25, -0.2) is 0 Å². The molecule has 0 aliphatic carbocycles. The Labute approximate surface area is 129 Å². The highest BCUT2D eigenvalue weighted by Gasteiger charge is 2.10. The number of rotatable bonds is 8. The standard InChI is InChI=1S/C20H25O/c1-3-5-7-15-19-17(11-4-2)12-10-16-20(19)21-18-13-8-6-9-14-18/h6,8-10,12-14H,3-5,7,11,15H2,1-2H3. The van der Waals surface area contributed by atoms with E-state index in [1.165, 1.54) is 30.4 Å². The summed E-state index contributed by atoms with van der Waals surface area (Å²) in [5.74, 6) is 1.79. The fourth-order valence-electron chi connectivity index (χ4n) is 2.58. The summed E-state index contributed by atoms with van der Waals surface area (Å²) in [6, 6.07) is 17.5. The molecule has 2 rings (SSSR count). The lowest BCUT2D eigenvalue weighted by Crippen LogP contribution is -1.99. The first-order chi connectivity index (χ1) is 10.3. The minimum absolute atomic E-state index is 0.888. The highest BCUT2D eigenvalue weighted by atomic mass is 16.5. The zero-order chi connectivity index (χ0) is 14.9. The van der Waals surface area contributed by atoms with Crippen molar-refractivity contribution >= 4 is 0 Å². The number of aryl methyl sites for hydroxylation is 1. The SMILES string of the molecule is CCCCCc1c(Oc2ccccc2)[c]ccc1CCC. The van der Waals surface area contributed by atoms with E-state index in [1.54, 1.807) is 0 Å². The van der Waals surface area contributed by atoms with Gasteiger partial charge in [0.25, 0.3) is 0 Å². The Balaban J connectivity index is 2.23. The number of unbranched alkanes of at least 4 members (excludes halogenated alkanes) is 2. The molecular formula is C20H25O. The molecule has 0 saturated heterocycles. The molecule has 0 amide bonds. The van der Waals surface area contributed by atoms with Crippen LogP contribution in [0, 0.1) is 6.07 Å². The zero-order valence-electron chi connectivity index (χ0n) is 13.2. The van der Waals surface area contributed by atoms with Crippen molar-refractivity contribution in [2.45, 2.75) is 52.4 Å². The van der Waals surface area contributed by atoms with Crippen molar-refractivity contribution in [1.82, 2.24) is 0 Å². The Morgan fingerprint density at radius 2 is 1.71 bits per heavy atom. The number of ether oxygens (including phenoxy) is 1. The summed E-state index contributed by atoms with van der Waals surface area (Å²) in [4.78, 5) is 0. The van der Waals surface area contributed by atoms with Crippen LogP contribution in [0.5, 0.6) is 11.5 Å². The second-order valence-electron chi connectivity index (χ2n) is 5.43. The summed E-state index contributed by atoms with van der Waals surface area (Å²) in [5, 5.41) is 0. The van der Waals surface area contributed by atoms with Crippen LogP contribution in [0.2, 0.25) is 0 Å². The van der Waals surface area contributed by atoms with Crippen LogP contribution in [0.3, 0.4) is 0 Å². The summed E-state index contributed by atoms with van der Waals surface area (Å²) in [5.41, 5.74) is 2.76. The third-order valence-corrected chi connectivity index (χ3v) is 3.67. The predicted molar refractivity (Wildman–Crippen MR) is 89.0 cm³/mol. The molecule has 0 N–H and O–H groups in total. The van der Waals surface area contributed by atoms with Gasteiger partial charge in [-0.05, 0) is 42.5 Å². The van der Waals surface area contributed by atoms with E-state index >= 15 is 0 Å². The molecule has 1 nitrogen and oxygen atoms in total. The Morgan fingerprint density at radius 3 is 2.43 bits per heavy atom. The van der Waals surface area contributed by atoms with Crippen molar-refractivity contribution in [2.75, 3.05) is 0 Å². The minimum atomic E-state index is 0.888. The van der Waals surface area contributed by atoms with E-state index in [0.717, 1.165) is 30.8 Å². The van der Waals surface area contributed by atoms with Gasteiger partial charge in [0.1, 0.15) is 11.5 Å². The van der Waals surface area contributed by atoms with Crippen LogP contribution in [0.15, 0.2) is 42.5 Å². The average molecular weight is 281 g/mol. The van der Waals surface area contributed by atoms with Crippen molar-refractivity contribution in [1.29, 1.82) is 0 Å². The number of benzene rings is 2. The third kappa shape index (κ3) is 4.63. The van der Waals surface area contributed by atoms with Crippen LogP contribution in [0.25, 0.3) is 0 Å². The van der Waals surface area contributed by atoms with E-state index in [-0.39, 0.29) is 0 Å². The van der Waals surface area contributed by atoms with Gasteiger partial charge >= 0.3 is 0 Å². The molecule has 0 aromatic heterocycles. The summed E-state index contributed by atoms with van der Waals surface area (Å²) in [6.07, 6.45) is 7.09. The molecule has 2 aromatic carbocycles. The van der Waals surface area contributed by atoms with Crippen LogP contribution >= 0.6 is 0 Å². The quantitative estimate of drug-likeness (QED) is 0.542. The molecular weight excluding hydrogens is 256 g/mol. The van der Waals surface area contributed by atoms with Crippen molar-refractivity contribution in [2.24, 2.45) is 0 Å². The van der Waals surface area contributed by atoms with E-state index in [9.17, 15) is 0 Å². The largest absolute Gasteiger partial charge is 0.456 e. The summed E-state index contributed by atoms with van der Waals surface area (Å²) < 4.78 is 6.07. The maximum Gasteiger partial charge on any atom is 0.138 e. The van der Waals surface area contributed by atoms with Gasteiger partial charge in [-0.1, -0.05) is 63.4 Å². The smallest absolute Gasteiger partial charge is 0.138 e. The molecule has 0 saturated carbocycles. The first-order valence-corrected chi connectivity index (χ1v) is 8.10. The number of hydrogen-bond acceptors (Lipinski definition) is 1. The molecule has 0 aliphatic rings. The van der Waals surface area contributed by atoms with Crippen molar-refractivity contribution in [3.8, 4) is 11.5 Å². The highest BCUT2D eigenvalue weighted by Crippen LogP contribution is 2.29. The van der Waals surface area contributed by atoms with Crippen LogP contribution in [-0.2, 0) is 12.8 Å². The molecule has 2 aromatic rings. The molecule has 1 heteroatoms. The van der Waals surface area contributed by atoms with Gasteiger partial charge in [0.2, 0.25) is 0 Å². The Bertz CT molecular complexity index is 531. The fraction of sp³-hybridized carbons (Fsp3) is 0.400. The third-order valence-electron chi connectivity index (χ3n) is 3.67. The first-order valence-electron chi connectivity index (χ1n) is 8.10. The van der Waals surface area contributed by atoms with Gasteiger partial charge in [-0.15, -0.1) is 0 Å². The molecule has 1 radical (unpaired) electrons. The van der Waals surface area contributed by atoms with Crippen LogP contribution in [0.4, 0.5) is 0 Å². The first kappa shape index (κ1) is 15.6. The van der Waals surface area contributed by atoms with E-state index in [1.807, 2.05) is 36.4 Å². The molecule has 0 unspecified atom stereocenters.